The second kappa shape index (κ2) is 5.66. The number of furan rings is 1. The van der Waals surface area contributed by atoms with Gasteiger partial charge in [-0.2, -0.15) is 0 Å². The Kier molecular flexibility index (Phi) is 3.67. The lowest BCUT2D eigenvalue weighted by molar-refractivity contribution is -0.0756. The predicted molar refractivity (Wildman–Crippen MR) is 84.1 cm³/mol. The molecule has 1 amide bonds. The van der Waals surface area contributed by atoms with Gasteiger partial charge in [0.2, 0.25) is 0 Å². The third-order valence-corrected chi connectivity index (χ3v) is 3.54. The van der Waals surface area contributed by atoms with Crippen LogP contribution in [0.2, 0.25) is 0 Å². The van der Waals surface area contributed by atoms with Crippen LogP contribution in [0.15, 0.2) is 46.9 Å². The van der Waals surface area contributed by atoms with Gasteiger partial charge in [0.15, 0.2) is 0 Å². The van der Waals surface area contributed by atoms with Crippen LogP contribution >= 0.6 is 0 Å². The SMILES string of the molecule is CON(C)C(=O)c1cc(O)cc2cc(-c3ccc(O)cc3)oc12. The highest BCUT2D eigenvalue weighted by molar-refractivity contribution is 6.05. The maximum atomic E-state index is 12.3. The number of benzene rings is 2. The number of phenolic OH excluding ortho intramolecular Hbond substituents is 2. The minimum absolute atomic E-state index is 0.0385. The molecule has 0 radical (unpaired) electrons. The number of aromatic hydroxyl groups is 2. The van der Waals surface area contributed by atoms with E-state index in [9.17, 15) is 15.0 Å². The fraction of sp³-hybridized carbons (Fsp3) is 0.118. The van der Waals surface area contributed by atoms with Gasteiger partial charge >= 0.3 is 0 Å². The van der Waals surface area contributed by atoms with E-state index >= 15 is 0 Å². The van der Waals surface area contributed by atoms with Crippen LogP contribution in [0.5, 0.6) is 11.5 Å². The van der Waals surface area contributed by atoms with E-state index in [1.54, 1.807) is 30.3 Å². The number of nitrogens with zero attached hydrogens (tertiary/aromatic N) is 1. The quantitative estimate of drug-likeness (QED) is 0.726. The third-order valence-electron chi connectivity index (χ3n) is 3.54. The molecule has 6 heteroatoms. The van der Waals surface area contributed by atoms with Crippen molar-refractivity contribution in [2.45, 2.75) is 0 Å². The number of hydrogen-bond acceptors (Lipinski definition) is 5. The number of hydroxylamine groups is 2. The van der Waals surface area contributed by atoms with Crippen LogP contribution in [-0.4, -0.2) is 35.3 Å². The topological polar surface area (TPSA) is 83.1 Å². The Labute approximate surface area is 132 Å². The summed E-state index contributed by atoms with van der Waals surface area (Å²) in [4.78, 5) is 17.2. The van der Waals surface area contributed by atoms with Crippen LogP contribution in [0.4, 0.5) is 0 Å². The Morgan fingerprint density at radius 1 is 1.09 bits per heavy atom. The molecule has 0 bridgehead atoms. The molecule has 1 heterocycles. The van der Waals surface area contributed by atoms with Crippen molar-refractivity contribution in [3.63, 3.8) is 0 Å². The normalized spacial score (nSPS) is 10.9. The van der Waals surface area contributed by atoms with Gasteiger partial charge in [0.25, 0.3) is 5.91 Å². The smallest absolute Gasteiger partial charge is 0.281 e. The summed E-state index contributed by atoms with van der Waals surface area (Å²) >= 11 is 0. The first-order chi connectivity index (χ1) is 11.0. The Balaban J connectivity index is 2.15. The predicted octanol–water partition coefficient (Wildman–Crippen LogP) is 3.14. The second-order valence-electron chi connectivity index (χ2n) is 5.05. The van der Waals surface area contributed by atoms with Crippen molar-refractivity contribution in [3.8, 4) is 22.8 Å². The number of hydrogen-bond donors (Lipinski definition) is 2. The van der Waals surface area contributed by atoms with Crippen LogP contribution in [0.3, 0.4) is 0 Å². The van der Waals surface area contributed by atoms with Crippen LogP contribution in [0.25, 0.3) is 22.3 Å². The van der Waals surface area contributed by atoms with E-state index in [-0.39, 0.29) is 17.1 Å². The summed E-state index contributed by atoms with van der Waals surface area (Å²) in [5.74, 6) is 0.211. The number of fused-ring (bicyclic) bond motifs is 1. The number of phenols is 2. The van der Waals surface area contributed by atoms with Crippen LogP contribution in [0.1, 0.15) is 10.4 Å². The lowest BCUT2D eigenvalue weighted by Crippen LogP contribution is -2.25. The van der Waals surface area contributed by atoms with Crippen LogP contribution < -0.4 is 0 Å². The summed E-state index contributed by atoms with van der Waals surface area (Å²) in [6.07, 6.45) is 0. The van der Waals surface area contributed by atoms with E-state index in [4.69, 9.17) is 9.25 Å². The van der Waals surface area contributed by atoms with E-state index in [2.05, 4.69) is 0 Å². The molecule has 6 nitrogen and oxygen atoms in total. The summed E-state index contributed by atoms with van der Waals surface area (Å²) in [7, 11) is 2.85. The molecule has 0 aliphatic heterocycles. The molecule has 118 valence electrons. The summed E-state index contributed by atoms with van der Waals surface area (Å²) in [5.41, 5.74) is 1.31. The maximum absolute atomic E-state index is 12.3. The minimum atomic E-state index is -0.431. The third kappa shape index (κ3) is 2.72. The highest BCUT2D eigenvalue weighted by Gasteiger charge is 2.20. The zero-order chi connectivity index (χ0) is 16.6. The highest BCUT2D eigenvalue weighted by Crippen LogP contribution is 2.33. The molecule has 2 aromatic carbocycles. The Hall–Kier alpha value is -2.99. The Morgan fingerprint density at radius 2 is 1.78 bits per heavy atom. The first-order valence-corrected chi connectivity index (χ1v) is 6.87. The zero-order valence-corrected chi connectivity index (χ0v) is 12.6. The molecule has 0 saturated carbocycles. The van der Waals surface area contributed by atoms with Gasteiger partial charge in [0, 0.05) is 18.0 Å². The first-order valence-electron chi connectivity index (χ1n) is 6.87. The Morgan fingerprint density at radius 3 is 2.43 bits per heavy atom. The number of carbonyl (C=O) groups is 1. The van der Waals surface area contributed by atoms with Crippen molar-refractivity contribution in [1.29, 1.82) is 0 Å². The fourth-order valence-electron chi connectivity index (χ4n) is 2.32. The van der Waals surface area contributed by atoms with Crippen molar-refractivity contribution in [1.82, 2.24) is 5.06 Å². The van der Waals surface area contributed by atoms with Crippen LogP contribution in [0, 0.1) is 0 Å². The average Bonchev–Trinajstić information content (AvgIpc) is 2.97. The van der Waals surface area contributed by atoms with Crippen molar-refractivity contribution in [3.05, 3.63) is 48.0 Å². The van der Waals surface area contributed by atoms with Crippen molar-refractivity contribution >= 4 is 16.9 Å². The Bertz CT molecular complexity index is 867. The lowest BCUT2D eigenvalue weighted by Gasteiger charge is -2.13. The molecule has 0 atom stereocenters. The fourth-order valence-corrected chi connectivity index (χ4v) is 2.32. The summed E-state index contributed by atoms with van der Waals surface area (Å²) < 4.78 is 5.80. The molecule has 23 heavy (non-hydrogen) atoms. The van der Waals surface area contributed by atoms with Gasteiger partial charge in [0.1, 0.15) is 22.8 Å². The lowest BCUT2D eigenvalue weighted by atomic mass is 10.1. The average molecular weight is 313 g/mol. The van der Waals surface area contributed by atoms with Gasteiger partial charge in [-0.3, -0.25) is 9.63 Å². The molecule has 0 unspecified atom stereocenters. The highest BCUT2D eigenvalue weighted by atomic mass is 16.7. The molecule has 1 aromatic heterocycles. The standard InChI is InChI=1S/C17H15NO5/c1-18(22-2)17(21)14-9-13(20)7-11-8-15(23-16(11)14)10-3-5-12(19)6-4-10/h3-9,19-20H,1-2H3. The van der Waals surface area contributed by atoms with Crippen molar-refractivity contribution in [2.75, 3.05) is 14.2 Å². The van der Waals surface area contributed by atoms with Gasteiger partial charge in [0.05, 0.1) is 12.7 Å². The maximum Gasteiger partial charge on any atom is 0.281 e. The second-order valence-corrected chi connectivity index (χ2v) is 5.05. The molecule has 3 rings (SSSR count). The minimum Gasteiger partial charge on any atom is -0.508 e. The van der Waals surface area contributed by atoms with Gasteiger partial charge < -0.3 is 14.6 Å². The summed E-state index contributed by atoms with van der Waals surface area (Å²) in [5, 5.41) is 20.9. The molecular weight excluding hydrogens is 298 g/mol. The van der Waals surface area contributed by atoms with Gasteiger partial charge in [-0.1, -0.05) is 0 Å². The number of amides is 1. The monoisotopic (exact) mass is 313 g/mol. The van der Waals surface area contributed by atoms with E-state index in [0.29, 0.717) is 16.7 Å². The molecule has 3 aromatic rings. The van der Waals surface area contributed by atoms with Gasteiger partial charge in [-0.25, -0.2) is 5.06 Å². The molecule has 0 spiro atoms. The van der Waals surface area contributed by atoms with E-state index in [1.807, 2.05) is 0 Å². The van der Waals surface area contributed by atoms with E-state index in [0.717, 1.165) is 10.6 Å². The summed E-state index contributed by atoms with van der Waals surface area (Å²) in [6.45, 7) is 0. The van der Waals surface area contributed by atoms with Gasteiger partial charge in [-0.15, -0.1) is 0 Å². The molecule has 0 saturated heterocycles. The molecule has 2 N–H and O–H groups in total. The molecule has 0 aliphatic carbocycles. The van der Waals surface area contributed by atoms with E-state index in [1.165, 1.54) is 26.3 Å². The zero-order valence-electron chi connectivity index (χ0n) is 12.6. The van der Waals surface area contributed by atoms with Crippen molar-refractivity contribution in [2.24, 2.45) is 0 Å². The van der Waals surface area contributed by atoms with E-state index < -0.39 is 5.91 Å². The summed E-state index contributed by atoms with van der Waals surface area (Å²) in [6, 6.07) is 11.1. The number of rotatable bonds is 3. The molecular formula is C17H15NO5. The first kappa shape index (κ1) is 14.9. The number of carbonyl (C=O) groups excluding carboxylic acids is 1. The van der Waals surface area contributed by atoms with Crippen molar-refractivity contribution < 1.29 is 24.3 Å². The van der Waals surface area contributed by atoms with Gasteiger partial charge in [-0.05, 0) is 42.5 Å². The van der Waals surface area contributed by atoms with Crippen LogP contribution in [-0.2, 0) is 4.84 Å². The molecule has 0 fully saturated rings. The largest absolute Gasteiger partial charge is 0.508 e. The molecule has 0 aliphatic rings.